The number of ether oxygens (including phenoxy) is 1. The van der Waals surface area contributed by atoms with Crippen molar-refractivity contribution in [2.45, 2.75) is 37.8 Å². The Morgan fingerprint density at radius 1 is 1.27 bits per heavy atom. The van der Waals surface area contributed by atoms with Gasteiger partial charge in [-0.15, -0.1) is 0 Å². The van der Waals surface area contributed by atoms with Crippen LogP contribution in [0.25, 0.3) is 0 Å². The summed E-state index contributed by atoms with van der Waals surface area (Å²) in [6, 6.07) is 7.87. The summed E-state index contributed by atoms with van der Waals surface area (Å²) in [5.41, 5.74) is 5.90. The second kappa shape index (κ2) is 4.86. The molecule has 82 valence electrons. The van der Waals surface area contributed by atoms with Crippen LogP contribution in [0.15, 0.2) is 24.3 Å². The van der Waals surface area contributed by atoms with Crippen LogP contribution in [-0.4, -0.2) is 12.1 Å². The van der Waals surface area contributed by atoms with Crippen LogP contribution >= 0.6 is 11.6 Å². The van der Waals surface area contributed by atoms with E-state index in [2.05, 4.69) is 0 Å². The van der Waals surface area contributed by atoms with Crippen molar-refractivity contribution in [3.63, 3.8) is 0 Å². The Kier molecular flexibility index (Phi) is 3.49. The van der Waals surface area contributed by atoms with E-state index in [1.165, 1.54) is 0 Å². The lowest BCUT2D eigenvalue weighted by molar-refractivity contribution is 0.144. The Labute approximate surface area is 95.4 Å². The zero-order valence-electron chi connectivity index (χ0n) is 8.66. The summed E-state index contributed by atoms with van der Waals surface area (Å²) in [6.45, 7) is 0. The van der Waals surface area contributed by atoms with Gasteiger partial charge in [-0.05, 0) is 37.8 Å². The molecular formula is C12H16ClNO. The highest BCUT2D eigenvalue weighted by Gasteiger charge is 2.21. The molecule has 3 heteroatoms. The lowest BCUT2D eigenvalue weighted by Crippen LogP contribution is -2.33. The van der Waals surface area contributed by atoms with Crippen molar-refractivity contribution < 1.29 is 4.74 Å². The van der Waals surface area contributed by atoms with E-state index >= 15 is 0 Å². The van der Waals surface area contributed by atoms with Crippen molar-refractivity contribution in [3.05, 3.63) is 29.3 Å². The van der Waals surface area contributed by atoms with Crippen LogP contribution in [0.5, 0.6) is 5.75 Å². The lowest BCUT2D eigenvalue weighted by Gasteiger charge is -2.27. The average Bonchev–Trinajstić information content (AvgIpc) is 2.22. The summed E-state index contributed by atoms with van der Waals surface area (Å²) in [7, 11) is 0. The van der Waals surface area contributed by atoms with Gasteiger partial charge in [0.1, 0.15) is 11.9 Å². The molecule has 2 N–H and O–H groups in total. The Morgan fingerprint density at radius 3 is 2.80 bits per heavy atom. The molecule has 0 saturated heterocycles. The molecule has 0 aromatic heterocycles. The van der Waals surface area contributed by atoms with Crippen molar-refractivity contribution in [1.82, 2.24) is 0 Å². The van der Waals surface area contributed by atoms with Gasteiger partial charge in [0.2, 0.25) is 0 Å². The van der Waals surface area contributed by atoms with E-state index in [4.69, 9.17) is 22.1 Å². The zero-order chi connectivity index (χ0) is 10.7. The summed E-state index contributed by atoms with van der Waals surface area (Å²) in [5, 5.41) is 0.677. The van der Waals surface area contributed by atoms with Gasteiger partial charge in [-0.25, -0.2) is 0 Å². The minimum absolute atomic E-state index is 0.230. The molecule has 2 rings (SSSR count). The van der Waals surface area contributed by atoms with E-state index in [0.29, 0.717) is 5.02 Å². The largest absolute Gasteiger partial charge is 0.489 e. The second-order valence-electron chi connectivity index (χ2n) is 4.10. The molecule has 0 bridgehead atoms. The molecule has 0 heterocycles. The minimum atomic E-state index is 0.230. The Bertz CT molecular complexity index is 329. The standard InChI is InChI=1S/C12H16ClNO/c13-11-6-1-2-7-12(11)15-10-5-3-4-9(14)8-10/h1-2,6-7,9-10H,3-5,8,14H2. The molecule has 2 atom stereocenters. The number of rotatable bonds is 2. The van der Waals surface area contributed by atoms with Crippen LogP contribution in [-0.2, 0) is 0 Å². The van der Waals surface area contributed by atoms with Crippen LogP contribution in [0, 0.1) is 0 Å². The molecule has 2 unspecified atom stereocenters. The average molecular weight is 226 g/mol. The molecule has 15 heavy (non-hydrogen) atoms. The Morgan fingerprint density at radius 2 is 2.07 bits per heavy atom. The first-order chi connectivity index (χ1) is 7.25. The van der Waals surface area contributed by atoms with Gasteiger partial charge in [0.25, 0.3) is 0 Å². The number of hydrogen-bond acceptors (Lipinski definition) is 2. The number of para-hydroxylation sites is 1. The molecule has 0 radical (unpaired) electrons. The van der Waals surface area contributed by atoms with Gasteiger partial charge in [0.15, 0.2) is 0 Å². The molecule has 1 fully saturated rings. The van der Waals surface area contributed by atoms with Crippen LogP contribution in [0.2, 0.25) is 5.02 Å². The van der Waals surface area contributed by atoms with E-state index in [0.717, 1.165) is 31.4 Å². The molecule has 1 saturated carbocycles. The fourth-order valence-corrected chi connectivity index (χ4v) is 2.19. The van der Waals surface area contributed by atoms with Gasteiger partial charge in [0.05, 0.1) is 5.02 Å². The first-order valence-corrected chi connectivity index (χ1v) is 5.80. The van der Waals surface area contributed by atoms with E-state index in [-0.39, 0.29) is 12.1 Å². The highest BCUT2D eigenvalue weighted by Crippen LogP contribution is 2.28. The van der Waals surface area contributed by atoms with Gasteiger partial charge in [-0.3, -0.25) is 0 Å². The van der Waals surface area contributed by atoms with Gasteiger partial charge in [-0.1, -0.05) is 23.7 Å². The first kappa shape index (κ1) is 10.8. The summed E-state index contributed by atoms with van der Waals surface area (Å²) in [4.78, 5) is 0. The number of nitrogens with two attached hydrogens (primary N) is 1. The maximum atomic E-state index is 6.02. The third kappa shape index (κ3) is 2.86. The molecule has 2 nitrogen and oxygen atoms in total. The van der Waals surface area contributed by atoms with Crippen molar-refractivity contribution in [2.24, 2.45) is 5.73 Å². The quantitative estimate of drug-likeness (QED) is 0.840. The summed E-state index contributed by atoms with van der Waals surface area (Å²) in [6.07, 6.45) is 4.51. The smallest absolute Gasteiger partial charge is 0.138 e. The van der Waals surface area contributed by atoms with Crippen molar-refractivity contribution in [1.29, 1.82) is 0 Å². The van der Waals surface area contributed by atoms with Crippen molar-refractivity contribution in [2.75, 3.05) is 0 Å². The van der Waals surface area contributed by atoms with Gasteiger partial charge in [0, 0.05) is 6.04 Å². The van der Waals surface area contributed by atoms with Crippen LogP contribution in [0.1, 0.15) is 25.7 Å². The minimum Gasteiger partial charge on any atom is -0.489 e. The van der Waals surface area contributed by atoms with E-state index in [1.807, 2.05) is 24.3 Å². The van der Waals surface area contributed by atoms with Crippen LogP contribution < -0.4 is 10.5 Å². The molecular weight excluding hydrogens is 210 g/mol. The number of halogens is 1. The highest BCUT2D eigenvalue weighted by molar-refractivity contribution is 6.32. The number of hydrogen-bond donors (Lipinski definition) is 1. The molecule has 0 spiro atoms. The molecule has 0 amide bonds. The van der Waals surface area contributed by atoms with Gasteiger partial charge in [-0.2, -0.15) is 0 Å². The summed E-state index contributed by atoms with van der Waals surface area (Å²) in [5.74, 6) is 0.776. The van der Waals surface area contributed by atoms with Gasteiger partial charge < -0.3 is 10.5 Å². The van der Waals surface area contributed by atoms with Crippen molar-refractivity contribution >= 4 is 11.6 Å². The first-order valence-electron chi connectivity index (χ1n) is 5.42. The number of benzene rings is 1. The van der Waals surface area contributed by atoms with E-state index < -0.39 is 0 Å². The lowest BCUT2D eigenvalue weighted by atomic mass is 9.93. The van der Waals surface area contributed by atoms with Crippen LogP contribution in [0.4, 0.5) is 0 Å². The highest BCUT2D eigenvalue weighted by atomic mass is 35.5. The third-order valence-corrected chi connectivity index (χ3v) is 3.11. The van der Waals surface area contributed by atoms with E-state index in [1.54, 1.807) is 0 Å². The monoisotopic (exact) mass is 225 g/mol. The third-order valence-electron chi connectivity index (χ3n) is 2.80. The molecule has 1 aliphatic carbocycles. The van der Waals surface area contributed by atoms with Crippen LogP contribution in [0.3, 0.4) is 0 Å². The maximum absolute atomic E-state index is 6.02. The zero-order valence-corrected chi connectivity index (χ0v) is 9.41. The van der Waals surface area contributed by atoms with Gasteiger partial charge >= 0.3 is 0 Å². The molecule has 1 aromatic rings. The molecule has 1 aliphatic rings. The predicted octanol–water partition coefficient (Wildman–Crippen LogP) is 2.99. The Hall–Kier alpha value is -0.730. The normalized spacial score (nSPS) is 26.3. The Balaban J connectivity index is 1.99. The second-order valence-corrected chi connectivity index (χ2v) is 4.50. The fraction of sp³-hybridized carbons (Fsp3) is 0.500. The fourth-order valence-electron chi connectivity index (χ4n) is 2.01. The topological polar surface area (TPSA) is 35.2 Å². The molecule has 1 aromatic carbocycles. The van der Waals surface area contributed by atoms with Crippen molar-refractivity contribution in [3.8, 4) is 5.75 Å². The predicted molar refractivity (Wildman–Crippen MR) is 62.3 cm³/mol. The summed E-state index contributed by atoms with van der Waals surface area (Å²) < 4.78 is 5.84. The molecule has 0 aliphatic heterocycles. The SMILES string of the molecule is NC1CCCC(Oc2ccccc2Cl)C1. The summed E-state index contributed by atoms with van der Waals surface area (Å²) >= 11 is 6.02. The van der Waals surface area contributed by atoms with E-state index in [9.17, 15) is 0 Å². The maximum Gasteiger partial charge on any atom is 0.138 e.